The predicted molar refractivity (Wildman–Crippen MR) is 91.8 cm³/mol. The molecule has 2 aliphatic rings. The summed E-state index contributed by atoms with van der Waals surface area (Å²) in [6, 6.07) is 14.9. The smallest absolute Gasteiger partial charge is 0.174 e. The molecular weight excluding hydrogens is 300 g/mol. The van der Waals surface area contributed by atoms with Gasteiger partial charge in [-0.2, -0.15) is 0 Å². The fourth-order valence-electron chi connectivity index (χ4n) is 3.60. The van der Waals surface area contributed by atoms with Crippen LogP contribution in [-0.2, 0) is 10.2 Å². The number of hydrogen-bond acceptors (Lipinski definition) is 4. The van der Waals surface area contributed by atoms with Crippen LogP contribution in [0.3, 0.4) is 0 Å². The molecule has 0 radical (unpaired) electrons. The van der Waals surface area contributed by atoms with Crippen LogP contribution >= 0.6 is 0 Å². The first kappa shape index (κ1) is 13.9. The van der Waals surface area contributed by atoms with Crippen molar-refractivity contribution < 1.29 is 9.32 Å². The Morgan fingerprint density at radius 3 is 2.54 bits per heavy atom. The Balaban J connectivity index is 1.58. The highest BCUT2D eigenvalue weighted by molar-refractivity contribution is 5.96. The first-order valence-electron chi connectivity index (χ1n) is 8.43. The molecule has 1 aromatic heterocycles. The first-order chi connectivity index (χ1) is 11.7. The molecule has 0 bridgehead atoms. The molecule has 4 heteroatoms. The Morgan fingerprint density at radius 2 is 1.92 bits per heavy atom. The summed E-state index contributed by atoms with van der Waals surface area (Å²) in [5, 5.41) is 5.18. The molecule has 2 aromatic carbocycles. The summed E-state index contributed by atoms with van der Waals surface area (Å²) in [5.74, 6) is 0.508. The van der Waals surface area contributed by atoms with Gasteiger partial charge in [-0.05, 0) is 36.5 Å². The van der Waals surface area contributed by atoms with Crippen LogP contribution in [0.2, 0.25) is 0 Å². The average Bonchev–Trinajstić information content (AvgIpc) is 3.52. The molecule has 120 valence electrons. The van der Waals surface area contributed by atoms with Gasteiger partial charge in [-0.1, -0.05) is 41.6 Å². The van der Waals surface area contributed by atoms with Crippen LogP contribution in [0, 0.1) is 0 Å². The maximum absolute atomic E-state index is 11.4. The summed E-state index contributed by atoms with van der Waals surface area (Å²) in [6.07, 6.45) is 3.82. The number of fused-ring (bicyclic) bond motifs is 1. The maximum Gasteiger partial charge on any atom is 0.174 e. The fourth-order valence-corrected chi connectivity index (χ4v) is 3.60. The zero-order valence-electron chi connectivity index (χ0n) is 13.2. The molecule has 0 aliphatic heterocycles. The van der Waals surface area contributed by atoms with Gasteiger partial charge >= 0.3 is 0 Å². The predicted octanol–water partition coefficient (Wildman–Crippen LogP) is 3.54. The third-order valence-electron chi connectivity index (χ3n) is 5.47. The highest BCUT2D eigenvalue weighted by atomic mass is 16.5. The van der Waals surface area contributed by atoms with Crippen LogP contribution in [0.1, 0.15) is 36.4 Å². The number of nitrogens with zero attached hydrogens (tertiary/aromatic N) is 1. The van der Waals surface area contributed by atoms with Gasteiger partial charge in [-0.15, -0.1) is 0 Å². The van der Waals surface area contributed by atoms with Gasteiger partial charge in [0, 0.05) is 22.9 Å². The summed E-state index contributed by atoms with van der Waals surface area (Å²) in [5.41, 5.74) is 10.5. The van der Waals surface area contributed by atoms with Gasteiger partial charge in [-0.3, -0.25) is 0 Å². The minimum atomic E-state index is -0.421. The second kappa shape index (κ2) is 4.77. The van der Waals surface area contributed by atoms with Crippen molar-refractivity contribution in [2.75, 3.05) is 0 Å². The number of rotatable bonds is 4. The van der Waals surface area contributed by atoms with Gasteiger partial charge in [-0.25, -0.2) is 0 Å². The molecule has 3 aromatic rings. The van der Waals surface area contributed by atoms with Gasteiger partial charge in [0.25, 0.3) is 0 Å². The molecule has 0 saturated heterocycles. The minimum Gasteiger partial charge on any atom is -0.355 e. The quantitative estimate of drug-likeness (QED) is 0.747. The molecule has 2 N–H and O–H groups in total. The van der Waals surface area contributed by atoms with Crippen molar-refractivity contribution in [1.29, 1.82) is 0 Å². The highest BCUT2D eigenvalue weighted by Gasteiger charge is 2.48. The molecule has 2 saturated carbocycles. The van der Waals surface area contributed by atoms with E-state index in [2.05, 4.69) is 29.4 Å². The monoisotopic (exact) mass is 318 g/mol. The molecule has 0 spiro atoms. The Labute approximate surface area is 139 Å². The summed E-state index contributed by atoms with van der Waals surface area (Å²) in [7, 11) is 0. The number of benzene rings is 2. The van der Waals surface area contributed by atoms with Crippen molar-refractivity contribution in [3.8, 4) is 11.1 Å². The number of aromatic nitrogens is 1. The Bertz CT molecular complexity index is 938. The Hall–Kier alpha value is -2.46. The lowest BCUT2D eigenvalue weighted by Crippen LogP contribution is -2.08. The van der Waals surface area contributed by atoms with E-state index < -0.39 is 5.41 Å². The summed E-state index contributed by atoms with van der Waals surface area (Å²) in [4.78, 5) is 11.4. The van der Waals surface area contributed by atoms with Gasteiger partial charge < -0.3 is 15.1 Å². The van der Waals surface area contributed by atoms with Gasteiger partial charge in [0.2, 0.25) is 0 Å². The summed E-state index contributed by atoms with van der Waals surface area (Å²) in [6.45, 7) is 0. The standard InChI is InChI=1S/C20H18N2O2/c21-17-10-16(17)13-6-4-12(5-7-13)14-2-1-3-15-18(14)24-22-19(15)20(11-23)8-9-20/h1-7,11,16-17H,8-10,21H2/t16?,17-/m0/s1. The molecule has 4 nitrogen and oxygen atoms in total. The third kappa shape index (κ3) is 1.96. The van der Waals surface area contributed by atoms with E-state index in [0.29, 0.717) is 12.0 Å². The van der Waals surface area contributed by atoms with Crippen LogP contribution in [-0.4, -0.2) is 17.5 Å². The lowest BCUT2D eigenvalue weighted by molar-refractivity contribution is -0.110. The molecule has 1 heterocycles. The van der Waals surface area contributed by atoms with Crippen molar-refractivity contribution in [2.24, 2.45) is 5.73 Å². The molecule has 24 heavy (non-hydrogen) atoms. The SMILES string of the molecule is N[C@H]1CC1c1ccc(-c2cccc3c(C4(C=O)CC4)noc23)cc1. The number of aldehydes is 1. The molecule has 1 unspecified atom stereocenters. The molecule has 5 rings (SSSR count). The largest absolute Gasteiger partial charge is 0.355 e. The molecular formula is C20H18N2O2. The van der Waals surface area contributed by atoms with Crippen molar-refractivity contribution in [3.63, 3.8) is 0 Å². The number of nitrogens with two attached hydrogens (primary N) is 1. The Morgan fingerprint density at radius 1 is 1.17 bits per heavy atom. The normalized spacial score (nSPS) is 24.0. The second-order valence-corrected chi connectivity index (χ2v) is 7.12. The molecule has 2 fully saturated rings. The third-order valence-corrected chi connectivity index (χ3v) is 5.47. The zero-order valence-corrected chi connectivity index (χ0v) is 13.2. The second-order valence-electron chi connectivity index (χ2n) is 7.12. The van der Waals surface area contributed by atoms with Crippen LogP contribution in [0.15, 0.2) is 47.0 Å². The maximum atomic E-state index is 11.4. The lowest BCUT2D eigenvalue weighted by atomic mass is 9.96. The van der Waals surface area contributed by atoms with Gasteiger partial charge in [0.05, 0.1) is 5.41 Å². The molecule has 0 amide bonds. The van der Waals surface area contributed by atoms with Crippen LogP contribution < -0.4 is 5.73 Å². The van der Waals surface area contributed by atoms with E-state index >= 15 is 0 Å². The number of hydrogen-bond donors (Lipinski definition) is 1. The Kier molecular flexibility index (Phi) is 2.77. The van der Waals surface area contributed by atoms with Crippen molar-refractivity contribution >= 4 is 17.3 Å². The topological polar surface area (TPSA) is 69.1 Å². The van der Waals surface area contributed by atoms with Crippen molar-refractivity contribution in [3.05, 3.63) is 53.7 Å². The van der Waals surface area contributed by atoms with Crippen LogP contribution in [0.5, 0.6) is 0 Å². The summed E-state index contributed by atoms with van der Waals surface area (Å²) >= 11 is 0. The minimum absolute atomic E-state index is 0.314. The number of carbonyl (C=O) groups excluding carboxylic acids is 1. The first-order valence-corrected chi connectivity index (χ1v) is 8.43. The zero-order chi connectivity index (χ0) is 16.3. The van der Waals surface area contributed by atoms with E-state index in [0.717, 1.165) is 53.3 Å². The van der Waals surface area contributed by atoms with Crippen molar-refractivity contribution in [1.82, 2.24) is 5.16 Å². The van der Waals surface area contributed by atoms with E-state index in [1.807, 2.05) is 18.2 Å². The molecule has 2 atom stereocenters. The average molecular weight is 318 g/mol. The van der Waals surface area contributed by atoms with E-state index in [9.17, 15) is 4.79 Å². The number of para-hydroxylation sites is 1. The van der Waals surface area contributed by atoms with E-state index in [1.54, 1.807) is 0 Å². The number of carbonyl (C=O) groups is 1. The highest BCUT2D eigenvalue weighted by Crippen LogP contribution is 2.49. The lowest BCUT2D eigenvalue weighted by Gasteiger charge is -2.05. The van der Waals surface area contributed by atoms with Gasteiger partial charge in [0.15, 0.2) is 5.58 Å². The van der Waals surface area contributed by atoms with E-state index in [1.165, 1.54) is 5.56 Å². The molecule has 2 aliphatic carbocycles. The van der Waals surface area contributed by atoms with Crippen LogP contribution in [0.4, 0.5) is 0 Å². The fraction of sp³-hybridized carbons (Fsp3) is 0.300. The van der Waals surface area contributed by atoms with Gasteiger partial charge in [0.1, 0.15) is 12.0 Å². The summed E-state index contributed by atoms with van der Waals surface area (Å²) < 4.78 is 5.64. The van der Waals surface area contributed by atoms with Crippen molar-refractivity contribution in [2.45, 2.75) is 36.6 Å². The van der Waals surface area contributed by atoms with E-state index in [-0.39, 0.29) is 0 Å². The van der Waals surface area contributed by atoms with Crippen LogP contribution in [0.25, 0.3) is 22.1 Å². The van der Waals surface area contributed by atoms with E-state index in [4.69, 9.17) is 10.3 Å².